The summed E-state index contributed by atoms with van der Waals surface area (Å²) in [5.74, 6) is -1.18. The molecule has 0 aliphatic rings. The highest BCUT2D eigenvalue weighted by Crippen LogP contribution is 2.03. The molecular formula is C15H20NO3-. The van der Waals surface area contributed by atoms with Crippen LogP contribution in [-0.4, -0.2) is 18.4 Å². The average molecular weight is 262 g/mol. The first kappa shape index (κ1) is 15.2. The Morgan fingerprint density at radius 2 is 1.74 bits per heavy atom. The number of unbranched alkanes of at least 4 members (excludes halogenated alkanes) is 1. The first-order valence-electron chi connectivity index (χ1n) is 6.69. The Morgan fingerprint density at radius 1 is 1.00 bits per heavy atom. The van der Waals surface area contributed by atoms with E-state index in [4.69, 9.17) is 0 Å². The van der Waals surface area contributed by atoms with E-state index in [9.17, 15) is 14.7 Å². The molecule has 1 rings (SSSR count). The molecule has 0 atom stereocenters. The number of hydrogen-bond acceptors (Lipinski definition) is 3. The molecular weight excluding hydrogens is 242 g/mol. The number of amides is 1. The lowest BCUT2D eigenvalue weighted by Crippen LogP contribution is -2.26. The molecule has 104 valence electrons. The molecule has 19 heavy (non-hydrogen) atoms. The van der Waals surface area contributed by atoms with Gasteiger partial charge in [-0.25, -0.2) is 0 Å². The number of hydrogen-bond donors (Lipinski definition) is 1. The highest BCUT2D eigenvalue weighted by atomic mass is 16.4. The predicted molar refractivity (Wildman–Crippen MR) is 71.2 cm³/mol. The smallest absolute Gasteiger partial charge is 0.220 e. The maximum absolute atomic E-state index is 11.3. The minimum atomic E-state index is -1.10. The SMILES string of the molecule is O=C([O-])CCCC(=O)NCCCCc1ccccc1. The van der Waals surface area contributed by atoms with Crippen LogP contribution in [0.25, 0.3) is 0 Å². The van der Waals surface area contributed by atoms with Gasteiger partial charge >= 0.3 is 0 Å². The normalized spacial score (nSPS) is 10.1. The highest BCUT2D eigenvalue weighted by Gasteiger charge is 2.00. The van der Waals surface area contributed by atoms with Crippen LogP contribution >= 0.6 is 0 Å². The fourth-order valence-electron chi connectivity index (χ4n) is 1.81. The van der Waals surface area contributed by atoms with Crippen LogP contribution in [-0.2, 0) is 16.0 Å². The van der Waals surface area contributed by atoms with Gasteiger partial charge in [-0.1, -0.05) is 30.3 Å². The second-order valence-corrected chi connectivity index (χ2v) is 4.52. The molecule has 0 unspecified atom stereocenters. The van der Waals surface area contributed by atoms with Crippen LogP contribution < -0.4 is 10.4 Å². The van der Waals surface area contributed by atoms with Gasteiger partial charge in [0, 0.05) is 18.9 Å². The van der Waals surface area contributed by atoms with Gasteiger partial charge in [0.05, 0.1) is 0 Å². The van der Waals surface area contributed by atoms with Crippen LogP contribution in [0.5, 0.6) is 0 Å². The molecule has 4 heteroatoms. The van der Waals surface area contributed by atoms with Gasteiger partial charge in [0.25, 0.3) is 0 Å². The average Bonchev–Trinajstić information content (AvgIpc) is 2.39. The largest absolute Gasteiger partial charge is 0.550 e. The second kappa shape index (κ2) is 9.14. The molecule has 0 heterocycles. The first-order valence-corrected chi connectivity index (χ1v) is 6.69. The summed E-state index contributed by atoms with van der Waals surface area (Å²) in [6.07, 6.45) is 3.53. The summed E-state index contributed by atoms with van der Waals surface area (Å²) >= 11 is 0. The fourth-order valence-corrected chi connectivity index (χ4v) is 1.81. The van der Waals surface area contributed by atoms with Crippen LogP contribution in [0.3, 0.4) is 0 Å². The van der Waals surface area contributed by atoms with Gasteiger partial charge < -0.3 is 15.2 Å². The third-order valence-corrected chi connectivity index (χ3v) is 2.84. The van der Waals surface area contributed by atoms with Crippen molar-refractivity contribution in [2.24, 2.45) is 0 Å². The molecule has 0 spiro atoms. The Labute approximate surface area is 113 Å². The third-order valence-electron chi connectivity index (χ3n) is 2.84. The predicted octanol–water partition coefficient (Wildman–Crippen LogP) is 1.05. The minimum absolute atomic E-state index is 0.0541. The van der Waals surface area contributed by atoms with Crippen LogP contribution in [0.15, 0.2) is 30.3 Å². The summed E-state index contributed by atoms with van der Waals surface area (Å²) in [4.78, 5) is 21.5. The molecule has 1 amide bonds. The molecule has 0 saturated heterocycles. The van der Waals surface area contributed by atoms with Crippen molar-refractivity contribution in [3.63, 3.8) is 0 Å². The number of carbonyl (C=O) groups is 2. The van der Waals surface area contributed by atoms with Crippen molar-refractivity contribution in [3.05, 3.63) is 35.9 Å². The van der Waals surface area contributed by atoms with Crippen molar-refractivity contribution >= 4 is 11.9 Å². The monoisotopic (exact) mass is 262 g/mol. The number of carboxylic acid groups (broad SMARTS) is 1. The Morgan fingerprint density at radius 3 is 2.42 bits per heavy atom. The number of rotatable bonds is 9. The van der Waals surface area contributed by atoms with Crippen molar-refractivity contribution in [2.75, 3.05) is 6.54 Å². The second-order valence-electron chi connectivity index (χ2n) is 4.52. The molecule has 0 aliphatic heterocycles. The molecule has 1 aromatic rings. The summed E-state index contributed by atoms with van der Waals surface area (Å²) < 4.78 is 0. The Hall–Kier alpha value is -1.84. The summed E-state index contributed by atoms with van der Waals surface area (Å²) in [5, 5.41) is 13.0. The summed E-state index contributed by atoms with van der Waals surface area (Å²) in [7, 11) is 0. The van der Waals surface area contributed by atoms with Gasteiger partial charge in [0.1, 0.15) is 0 Å². The van der Waals surface area contributed by atoms with E-state index in [1.54, 1.807) is 0 Å². The van der Waals surface area contributed by atoms with Crippen molar-refractivity contribution in [2.45, 2.75) is 38.5 Å². The van der Waals surface area contributed by atoms with E-state index in [0.717, 1.165) is 19.3 Å². The Bertz CT molecular complexity index is 390. The third kappa shape index (κ3) is 7.97. The lowest BCUT2D eigenvalue weighted by Gasteiger charge is -2.05. The van der Waals surface area contributed by atoms with E-state index in [1.807, 2.05) is 18.2 Å². The topological polar surface area (TPSA) is 69.2 Å². The van der Waals surface area contributed by atoms with E-state index >= 15 is 0 Å². The molecule has 1 N–H and O–H groups in total. The number of carbonyl (C=O) groups excluding carboxylic acids is 2. The van der Waals surface area contributed by atoms with Crippen LogP contribution in [0.2, 0.25) is 0 Å². The highest BCUT2D eigenvalue weighted by molar-refractivity contribution is 5.76. The molecule has 0 aromatic heterocycles. The van der Waals surface area contributed by atoms with Crippen LogP contribution in [0.1, 0.15) is 37.7 Å². The lowest BCUT2D eigenvalue weighted by molar-refractivity contribution is -0.305. The zero-order valence-electron chi connectivity index (χ0n) is 11.1. The lowest BCUT2D eigenvalue weighted by atomic mass is 10.1. The molecule has 0 fully saturated rings. The van der Waals surface area contributed by atoms with Gasteiger partial charge in [-0.15, -0.1) is 0 Å². The Kier molecular flexibility index (Phi) is 7.32. The van der Waals surface area contributed by atoms with Crippen LogP contribution in [0.4, 0.5) is 0 Å². The zero-order chi connectivity index (χ0) is 13.9. The fraction of sp³-hybridized carbons (Fsp3) is 0.467. The molecule has 0 radical (unpaired) electrons. The number of aliphatic carboxylic acids is 1. The van der Waals surface area contributed by atoms with E-state index in [1.165, 1.54) is 5.56 Å². The van der Waals surface area contributed by atoms with Crippen molar-refractivity contribution < 1.29 is 14.7 Å². The molecule has 0 aliphatic carbocycles. The van der Waals surface area contributed by atoms with E-state index in [-0.39, 0.29) is 18.7 Å². The first-order chi connectivity index (χ1) is 9.18. The Balaban J connectivity index is 1.98. The summed E-state index contributed by atoms with van der Waals surface area (Å²) in [5.41, 5.74) is 1.31. The maximum atomic E-state index is 11.3. The number of nitrogens with one attached hydrogen (secondary N) is 1. The summed E-state index contributed by atoms with van der Waals surface area (Å²) in [6, 6.07) is 10.2. The van der Waals surface area contributed by atoms with Crippen molar-refractivity contribution in [1.82, 2.24) is 5.32 Å². The van der Waals surface area contributed by atoms with Gasteiger partial charge in [0.2, 0.25) is 5.91 Å². The van der Waals surface area contributed by atoms with Gasteiger partial charge in [-0.3, -0.25) is 4.79 Å². The van der Waals surface area contributed by atoms with Crippen molar-refractivity contribution in [1.29, 1.82) is 0 Å². The summed E-state index contributed by atoms with van der Waals surface area (Å²) in [6.45, 7) is 0.650. The molecule has 0 saturated carbocycles. The van der Waals surface area contributed by atoms with E-state index < -0.39 is 5.97 Å². The molecule has 1 aromatic carbocycles. The van der Waals surface area contributed by atoms with Gasteiger partial charge in [-0.2, -0.15) is 0 Å². The maximum Gasteiger partial charge on any atom is 0.220 e. The number of benzene rings is 1. The standard InChI is InChI=1S/C15H21NO3/c17-14(10-6-11-15(18)19)16-12-5-4-9-13-7-2-1-3-8-13/h1-3,7-8H,4-6,9-12H2,(H,16,17)(H,18,19)/p-1. The van der Waals surface area contributed by atoms with E-state index in [0.29, 0.717) is 13.0 Å². The van der Waals surface area contributed by atoms with Crippen LogP contribution in [0, 0.1) is 0 Å². The van der Waals surface area contributed by atoms with E-state index in [2.05, 4.69) is 17.4 Å². The van der Waals surface area contributed by atoms with Gasteiger partial charge in [0.15, 0.2) is 0 Å². The van der Waals surface area contributed by atoms with Crippen molar-refractivity contribution in [3.8, 4) is 0 Å². The zero-order valence-corrected chi connectivity index (χ0v) is 11.1. The molecule has 4 nitrogen and oxygen atoms in total. The number of carboxylic acids is 1. The quantitative estimate of drug-likeness (QED) is 0.676. The molecule has 0 bridgehead atoms. The number of aryl methyl sites for hydroxylation is 1. The van der Waals surface area contributed by atoms with Gasteiger partial charge in [-0.05, 0) is 37.7 Å². The minimum Gasteiger partial charge on any atom is -0.550 e.